The molecule has 0 aromatic heterocycles. The Labute approximate surface area is 225 Å². The van der Waals surface area contributed by atoms with Crippen molar-refractivity contribution in [2.45, 2.75) is 11.8 Å². The highest BCUT2D eigenvalue weighted by molar-refractivity contribution is 7.87. The number of hydrogen-bond donors (Lipinski definition) is 0. The maximum Gasteiger partial charge on any atom is 0.363 e. The van der Waals surface area contributed by atoms with Crippen molar-refractivity contribution >= 4 is 51.0 Å². The first-order valence-corrected chi connectivity index (χ1v) is 12.5. The largest absolute Gasteiger partial charge is 0.493 e. The highest BCUT2D eigenvalue weighted by Gasteiger charge is 2.27. The third kappa shape index (κ3) is 5.71. The van der Waals surface area contributed by atoms with Gasteiger partial charge < -0.3 is 13.7 Å². The van der Waals surface area contributed by atoms with Crippen molar-refractivity contribution in [3.05, 3.63) is 102 Å². The molecule has 4 rings (SSSR count). The molecule has 0 saturated heterocycles. The van der Waals surface area contributed by atoms with Gasteiger partial charge in [-0.3, -0.25) is 20.2 Å². The normalized spacial score (nSPS) is 14.1. The fraction of sp³-hybridized carbons (Fsp3) is 0.0833. The second-order valence-corrected chi connectivity index (χ2v) is 9.87. The number of halogens is 1. The van der Waals surface area contributed by atoms with E-state index in [1.54, 1.807) is 0 Å². The van der Waals surface area contributed by atoms with Gasteiger partial charge in [-0.1, -0.05) is 23.7 Å². The van der Waals surface area contributed by atoms with Crippen LogP contribution in [0.3, 0.4) is 0 Å². The molecule has 13 nitrogen and oxygen atoms in total. The van der Waals surface area contributed by atoms with E-state index >= 15 is 0 Å². The van der Waals surface area contributed by atoms with E-state index in [1.165, 1.54) is 62.6 Å². The summed E-state index contributed by atoms with van der Waals surface area (Å²) in [6.45, 7) is 1.47. The lowest BCUT2D eigenvalue weighted by Gasteiger charge is -2.11. The first kappa shape index (κ1) is 27.2. The second-order valence-electron chi connectivity index (χ2n) is 7.91. The minimum atomic E-state index is -4.47. The molecule has 0 atom stereocenters. The third-order valence-corrected chi connectivity index (χ3v) is 6.92. The average Bonchev–Trinajstić information content (AvgIpc) is 3.24. The maximum absolute atomic E-state index is 12.8. The minimum Gasteiger partial charge on any atom is -0.493 e. The Bertz CT molecular complexity index is 1720. The number of nitrogens with zero attached hydrogens (tertiary/aromatic N) is 3. The van der Waals surface area contributed by atoms with Crippen molar-refractivity contribution in [2.24, 2.45) is 4.99 Å². The van der Waals surface area contributed by atoms with Crippen molar-refractivity contribution in [1.82, 2.24) is 0 Å². The monoisotopic (exact) mass is 573 g/mol. The molecule has 0 unspecified atom stereocenters. The summed E-state index contributed by atoms with van der Waals surface area (Å²) in [5.74, 6) is -1.24. The van der Waals surface area contributed by atoms with Crippen LogP contribution in [-0.4, -0.2) is 37.2 Å². The van der Waals surface area contributed by atoms with Crippen LogP contribution in [0, 0.1) is 27.2 Å². The Morgan fingerprint density at radius 1 is 0.974 bits per heavy atom. The first-order valence-electron chi connectivity index (χ1n) is 10.7. The Morgan fingerprint density at radius 2 is 1.69 bits per heavy atom. The molecular formula is C24H16ClN3O10S. The van der Waals surface area contributed by atoms with Crippen LogP contribution in [-0.2, 0) is 19.6 Å². The molecule has 39 heavy (non-hydrogen) atoms. The van der Waals surface area contributed by atoms with Crippen LogP contribution in [0.2, 0.25) is 5.02 Å². The fourth-order valence-corrected chi connectivity index (χ4v) is 4.57. The highest BCUT2D eigenvalue weighted by atomic mass is 35.5. The summed E-state index contributed by atoms with van der Waals surface area (Å²) in [6.07, 6.45) is 1.32. The standard InChI is InChI=1S/C24H16ClN3O10S/c1-13-3-6-16(12-19(13)27(30)31)39(34,35)38-21-8-4-14(10-22(21)36-2)9-18-24(29)37-23(26-18)15-5-7-17(25)20(11-15)28(32)33/h3-12H,1-2H3/b18-9+. The van der Waals surface area contributed by atoms with E-state index in [0.29, 0.717) is 5.56 Å². The van der Waals surface area contributed by atoms with E-state index < -0.39 is 30.8 Å². The number of ether oxygens (including phenoxy) is 2. The molecular weight excluding hydrogens is 558 g/mol. The summed E-state index contributed by atoms with van der Waals surface area (Å²) in [4.78, 5) is 37.0. The summed E-state index contributed by atoms with van der Waals surface area (Å²) < 4.78 is 41.1. The van der Waals surface area contributed by atoms with Gasteiger partial charge in [-0.25, -0.2) is 9.79 Å². The van der Waals surface area contributed by atoms with Gasteiger partial charge >= 0.3 is 16.1 Å². The molecule has 1 aliphatic heterocycles. The lowest BCUT2D eigenvalue weighted by molar-refractivity contribution is -0.385. The van der Waals surface area contributed by atoms with Gasteiger partial charge in [-0.05, 0) is 48.9 Å². The number of aliphatic imine (C=N–C) groups is 1. The summed E-state index contributed by atoms with van der Waals surface area (Å²) in [7, 11) is -3.21. The van der Waals surface area contributed by atoms with Crippen LogP contribution in [0.4, 0.5) is 11.4 Å². The van der Waals surface area contributed by atoms with E-state index in [-0.39, 0.29) is 50.6 Å². The zero-order valence-electron chi connectivity index (χ0n) is 20.0. The van der Waals surface area contributed by atoms with Crippen LogP contribution >= 0.6 is 11.6 Å². The third-order valence-electron chi connectivity index (χ3n) is 5.37. The van der Waals surface area contributed by atoms with Gasteiger partial charge in [-0.15, -0.1) is 0 Å². The van der Waals surface area contributed by atoms with Gasteiger partial charge in [0, 0.05) is 23.3 Å². The zero-order chi connectivity index (χ0) is 28.5. The molecule has 0 bridgehead atoms. The van der Waals surface area contributed by atoms with Crippen molar-refractivity contribution < 1.29 is 36.7 Å². The highest BCUT2D eigenvalue weighted by Crippen LogP contribution is 2.33. The number of nitro benzene ring substituents is 2. The molecule has 200 valence electrons. The minimum absolute atomic E-state index is 0.0292. The summed E-state index contributed by atoms with van der Waals surface area (Å²) >= 11 is 5.82. The van der Waals surface area contributed by atoms with Crippen molar-refractivity contribution in [2.75, 3.05) is 7.11 Å². The number of methoxy groups -OCH3 is 1. The van der Waals surface area contributed by atoms with Crippen molar-refractivity contribution in [3.8, 4) is 11.5 Å². The first-order chi connectivity index (χ1) is 18.4. The number of hydrogen-bond acceptors (Lipinski definition) is 11. The van der Waals surface area contributed by atoms with Gasteiger partial charge in [0.2, 0.25) is 5.90 Å². The molecule has 0 fully saturated rings. The molecule has 0 radical (unpaired) electrons. The number of benzene rings is 3. The maximum atomic E-state index is 12.8. The number of esters is 1. The van der Waals surface area contributed by atoms with Gasteiger partial charge in [0.05, 0.1) is 17.0 Å². The lowest BCUT2D eigenvalue weighted by Crippen LogP contribution is -2.11. The van der Waals surface area contributed by atoms with Gasteiger partial charge in [-0.2, -0.15) is 8.42 Å². The smallest absolute Gasteiger partial charge is 0.363 e. The van der Waals surface area contributed by atoms with Crippen LogP contribution < -0.4 is 8.92 Å². The number of cyclic esters (lactones) is 1. The summed E-state index contributed by atoms with van der Waals surface area (Å²) in [5.41, 5.74) is -0.129. The summed E-state index contributed by atoms with van der Waals surface area (Å²) in [5, 5.41) is 22.2. The Balaban J connectivity index is 1.62. The van der Waals surface area contributed by atoms with Crippen LogP contribution in [0.5, 0.6) is 11.5 Å². The molecule has 0 N–H and O–H groups in total. The number of aryl methyl sites for hydroxylation is 1. The predicted molar refractivity (Wildman–Crippen MR) is 137 cm³/mol. The van der Waals surface area contributed by atoms with E-state index in [4.69, 9.17) is 25.3 Å². The predicted octanol–water partition coefficient (Wildman–Crippen LogP) is 4.59. The average molecular weight is 574 g/mol. The summed E-state index contributed by atoms with van der Waals surface area (Å²) in [6, 6.07) is 11.2. The van der Waals surface area contributed by atoms with Crippen LogP contribution in [0.15, 0.2) is 70.2 Å². The molecule has 0 aliphatic carbocycles. The van der Waals surface area contributed by atoms with E-state index in [1.807, 2.05) is 0 Å². The molecule has 1 heterocycles. The molecule has 1 aliphatic rings. The van der Waals surface area contributed by atoms with E-state index in [0.717, 1.165) is 12.1 Å². The van der Waals surface area contributed by atoms with Crippen LogP contribution in [0.25, 0.3) is 6.08 Å². The molecule has 0 amide bonds. The van der Waals surface area contributed by atoms with Gasteiger partial charge in [0.15, 0.2) is 17.2 Å². The molecule has 3 aromatic carbocycles. The Hall–Kier alpha value is -4.82. The molecule has 3 aromatic rings. The zero-order valence-corrected chi connectivity index (χ0v) is 21.6. The van der Waals surface area contributed by atoms with Crippen molar-refractivity contribution in [3.63, 3.8) is 0 Å². The molecule has 0 saturated carbocycles. The number of carbonyl (C=O) groups is 1. The SMILES string of the molecule is COc1cc(/C=C2/N=C(c3ccc(Cl)c([N+](=O)[O-])c3)OC2=O)ccc1OS(=O)(=O)c1ccc(C)c([N+](=O)[O-])c1. The molecule has 15 heteroatoms. The Morgan fingerprint density at radius 3 is 2.36 bits per heavy atom. The van der Waals surface area contributed by atoms with E-state index in [9.17, 15) is 33.4 Å². The lowest BCUT2D eigenvalue weighted by atomic mass is 10.1. The number of rotatable bonds is 8. The number of carbonyl (C=O) groups excluding carboxylic acids is 1. The van der Waals surface area contributed by atoms with Crippen LogP contribution in [0.1, 0.15) is 16.7 Å². The van der Waals surface area contributed by atoms with Gasteiger partial charge in [0.1, 0.15) is 9.92 Å². The number of nitro groups is 2. The van der Waals surface area contributed by atoms with Gasteiger partial charge in [0.25, 0.3) is 11.4 Å². The fourth-order valence-electron chi connectivity index (χ4n) is 3.43. The quantitative estimate of drug-likeness (QED) is 0.122. The molecule has 0 spiro atoms. The topological polar surface area (TPSA) is 178 Å². The Kier molecular flexibility index (Phi) is 7.34. The van der Waals surface area contributed by atoms with Crippen molar-refractivity contribution in [1.29, 1.82) is 0 Å². The van der Waals surface area contributed by atoms with E-state index in [2.05, 4.69) is 4.99 Å². The second kappa shape index (κ2) is 10.5.